The van der Waals surface area contributed by atoms with Gasteiger partial charge in [-0.1, -0.05) is 30.3 Å². The summed E-state index contributed by atoms with van der Waals surface area (Å²) in [6.45, 7) is 2.73. The van der Waals surface area contributed by atoms with Crippen molar-refractivity contribution >= 4 is 5.91 Å². The van der Waals surface area contributed by atoms with Crippen LogP contribution in [0.3, 0.4) is 0 Å². The SMILES string of the molecule is C[C@@H]1C[C@H](N)CCN1C(=O)c1cnc(-c2ccccc2)nc1. The lowest BCUT2D eigenvalue weighted by molar-refractivity contribution is 0.0618. The van der Waals surface area contributed by atoms with Crippen molar-refractivity contribution in [2.75, 3.05) is 6.54 Å². The van der Waals surface area contributed by atoms with E-state index in [0.29, 0.717) is 17.9 Å². The van der Waals surface area contributed by atoms with Crippen molar-refractivity contribution < 1.29 is 4.79 Å². The molecule has 0 aliphatic carbocycles. The number of hydrogen-bond donors (Lipinski definition) is 1. The molecule has 1 aromatic carbocycles. The minimum atomic E-state index is -0.0148. The minimum Gasteiger partial charge on any atom is -0.336 e. The average molecular weight is 296 g/mol. The number of aromatic nitrogens is 2. The number of nitrogens with two attached hydrogens (primary N) is 1. The summed E-state index contributed by atoms with van der Waals surface area (Å²) in [5, 5.41) is 0. The van der Waals surface area contributed by atoms with Gasteiger partial charge >= 0.3 is 0 Å². The van der Waals surface area contributed by atoms with Gasteiger partial charge in [0.05, 0.1) is 5.56 Å². The third-order valence-electron chi connectivity index (χ3n) is 4.11. The summed E-state index contributed by atoms with van der Waals surface area (Å²) < 4.78 is 0. The molecule has 22 heavy (non-hydrogen) atoms. The highest BCUT2D eigenvalue weighted by Crippen LogP contribution is 2.19. The van der Waals surface area contributed by atoms with E-state index in [2.05, 4.69) is 9.97 Å². The van der Waals surface area contributed by atoms with Crippen molar-refractivity contribution in [1.29, 1.82) is 0 Å². The van der Waals surface area contributed by atoms with E-state index in [9.17, 15) is 4.79 Å². The van der Waals surface area contributed by atoms with Gasteiger partial charge in [-0.05, 0) is 19.8 Å². The van der Waals surface area contributed by atoms with Gasteiger partial charge in [0.1, 0.15) is 0 Å². The number of nitrogens with zero attached hydrogens (tertiary/aromatic N) is 3. The van der Waals surface area contributed by atoms with E-state index < -0.39 is 0 Å². The minimum absolute atomic E-state index is 0.0148. The zero-order valence-electron chi connectivity index (χ0n) is 12.6. The summed E-state index contributed by atoms with van der Waals surface area (Å²) >= 11 is 0. The number of likely N-dealkylation sites (tertiary alicyclic amines) is 1. The molecule has 2 atom stereocenters. The van der Waals surface area contributed by atoms with Crippen LogP contribution in [0.1, 0.15) is 30.1 Å². The Balaban J connectivity index is 1.77. The largest absolute Gasteiger partial charge is 0.336 e. The van der Waals surface area contributed by atoms with Crippen LogP contribution in [0.4, 0.5) is 0 Å². The van der Waals surface area contributed by atoms with E-state index >= 15 is 0 Å². The maximum atomic E-state index is 12.6. The molecular formula is C17H20N4O. The predicted octanol–water partition coefficient (Wildman–Crippen LogP) is 2.10. The summed E-state index contributed by atoms with van der Waals surface area (Å²) in [6.07, 6.45) is 4.91. The zero-order valence-corrected chi connectivity index (χ0v) is 12.6. The molecule has 3 rings (SSSR count). The van der Waals surface area contributed by atoms with Crippen LogP contribution in [0.15, 0.2) is 42.7 Å². The van der Waals surface area contributed by atoms with Crippen LogP contribution >= 0.6 is 0 Å². The first-order valence-electron chi connectivity index (χ1n) is 7.59. The Morgan fingerprint density at radius 2 is 1.91 bits per heavy atom. The lowest BCUT2D eigenvalue weighted by atomic mass is 9.98. The first kappa shape index (κ1) is 14.7. The summed E-state index contributed by atoms with van der Waals surface area (Å²) in [5.74, 6) is 0.616. The number of carbonyl (C=O) groups excluding carboxylic acids is 1. The lowest BCUT2D eigenvalue weighted by Crippen LogP contribution is -2.48. The zero-order chi connectivity index (χ0) is 15.5. The average Bonchev–Trinajstić information content (AvgIpc) is 2.55. The van der Waals surface area contributed by atoms with Crippen molar-refractivity contribution in [3.8, 4) is 11.4 Å². The molecular weight excluding hydrogens is 276 g/mol. The highest BCUT2D eigenvalue weighted by Gasteiger charge is 2.28. The van der Waals surface area contributed by atoms with E-state index in [4.69, 9.17) is 5.73 Å². The monoisotopic (exact) mass is 296 g/mol. The number of rotatable bonds is 2. The molecule has 5 nitrogen and oxygen atoms in total. The van der Waals surface area contributed by atoms with Crippen LogP contribution in [-0.2, 0) is 0 Å². The molecule has 1 saturated heterocycles. The highest BCUT2D eigenvalue weighted by molar-refractivity contribution is 5.94. The molecule has 0 spiro atoms. The van der Waals surface area contributed by atoms with E-state index in [1.165, 1.54) is 0 Å². The molecule has 1 aliphatic heterocycles. The van der Waals surface area contributed by atoms with Gasteiger partial charge in [0.25, 0.3) is 5.91 Å². The molecule has 114 valence electrons. The first-order chi connectivity index (χ1) is 10.6. The number of piperidine rings is 1. The van der Waals surface area contributed by atoms with Gasteiger partial charge in [0, 0.05) is 36.6 Å². The molecule has 2 aromatic rings. The second kappa shape index (κ2) is 6.23. The van der Waals surface area contributed by atoms with E-state index in [0.717, 1.165) is 18.4 Å². The molecule has 0 unspecified atom stereocenters. The van der Waals surface area contributed by atoms with Crippen LogP contribution in [0, 0.1) is 0 Å². The van der Waals surface area contributed by atoms with Crippen molar-refractivity contribution in [3.05, 3.63) is 48.3 Å². The van der Waals surface area contributed by atoms with Crippen molar-refractivity contribution in [1.82, 2.24) is 14.9 Å². The Hall–Kier alpha value is -2.27. The second-order valence-electron chi connectivity index (χ2n) is 5.79. The standard InChI is InChI=1S/C17H20N4O/c1-12-9-15(18)7-8-21(12)17(22)14-10-19-16(20-11-14)13-5-3-2-4-6-13/h2-6,10-12,15H,7-9,18H2,1H3/t12-,15-/m1/s1. The van der Waals surface area contributed by atoms with E-state index in [-0.39, 0.29) is 18.0 Å². The summed E-state index contributed by atoms with van der Waals surface area (Å²) in [5.41, 5.74) is 7.42. The normalized spacial score (nSPS) is 21.6. The Morgan fingerprint density at radius 1 is 1.23 bits per heavy atom. The molecule has 2 heterocycles. The molecule has 1 aromatic heterocycles. The lowest BCUT2D eigenvalue weighted by Gasteiger charge is -2.36. The van der Waals surface area contributed by atoms with Gasteiger partial charge in [0.15, 0.2) is 5.82 Å². The Morgan fingerprint density at radius 3 is 2.55 bits per heavy atom. The maximum Gasteiger partial charge on any atom is 0.257 e. The quantitative estimate of drug-likeness (QED) is 0.921. The van der Waals surface area contributed by atoms with Crippen molar-refractivity contribution in [3.63, 3.8) is 0 Å². The molecule has 1 fully saturated rings. The van der Waals surface area contributed by atoms with Crippen LogP contribution in [-0.4, -0.2) is 39.4 Å². The van der Waals surface area contributed by atoms with Gasteiger partial charge in [-0.2, -0.15) is 0 Å². The predicted molar refractivity (Wildman–Crippen MR) is 85.2 cm³/mol. The highest BCUT2D eigenvalue weighted by atomic mass is 16.2. The second-order valence-corrected chi connectivity index (χ2v) is 5.79. The van der Waals surface area contributed by atoms with Crippen LogP contribution in [0.2, 0.25) is 0 Å². The number of hydrogen-bond acceptors (Lipinski definition) is 4. The number of carbonyl (C=O) groups is 1. The van der Waals surface area contributed by atoms with Gasteiger partial charge in [-0.25, -0.2) is 9.97 Å². The topological polar surface area (TPSA) is 72.1 Å². The van der Waals surface area contributed by atoms with Gasteiger partial charge < -0.3 is 10.6 Å². The summed E-state index contributed by atoms with van der Waals surface area (Å²) in [7, 11) is 0. The molecule has 0 radical (unpaired) electrons. The smallest absolute Gasteiger partial charge is 0.257 e. The van der Waals surface area contributed by atoms with Crippen LogP contribution < -0.4 is 5.73 Å². The van der Waals surface area contributed by atoms with Gasteiger partial charge in [-0.3, -0.25) is 4.79 Å². The molecule has 5 heteroatoms. The van der Waals surface area contributed by atoms with E-state index in [1.807, 2.05) is 42.2 Å². The molecule has 1 aliphatic rings. The van der Waals surface area contributed by atoms with Crippen LogP contribution in [0.5, 0.6) is 0 Å². The Kier molecular flexibility index (Phi) is 4.15. The van der Waals surface area contributed by atoms with Gasteiger partial charge in [-0.15, -0.1) is 0 Å². The third kappa shape index (κ3) is 2.99. The Labute approximate surface area is 130 Å². The molecule has 0 saturated carbocycles. The summed E-state index contributed by atoms with van der Waals surface area (Å²) in [6, 6.07) is 10.1. The molecule has 0 bridgehead atoms. The fourth-order valence-corrected chi connectivity index (χ4v) is 2.85. The van der Waals surface area contributed by atoms with Crippen molar-refractivity contribution in [2.24, 2.45) is 5.73 Å². The van der Waals surface area contributed by atoms with Crippen molar-refractivity contribution in [2.45, 2.75) is 31.8 Å². The third-order valence-corrected chi connectivity index (χ3v) is 4.11. The van der Waals surface area contributed by atoms with Crippen LogP contribution in [0.25, 0.3) is 11.4 Å². The van der Waals surface area contributed by atoms with Gasteiger partial charge in [0.2, 0.25) is 0 Å². The molecule has 2 N–H and O–H groups in total. The van der Waals surface area contributed by atoms with E-state index in [1.54, 1.807) is 12.4 Å². The number of amides is 1. The number of benzene rings is 1. The summed E-state index contributed by atoms with van der Waals surface area (Å²) in [4.78, 5) is 23.1. The first-order valence-corrected chi connectivity index (χ1v) is 7.59. The maximum absolute atomic E-state index is 12.6. The fraction of sp³-hybridized carbons (Fsp3) is 0.353. The fourth-order valence-electron chi connectivity index (χ4n) is 2.85. The molecule has 1 amide bonds. The Bertz CT molecular complexity index is 641.